The molecule has 1 aromatic heterocycles. The van der Waals surface area contributed by atoms with E-state index in [0.29, 0.717) is 10.7 Å². The highest BCUT2D eigenvalue weighted by atomic mass is 32.1. The molecule has 0 aliphatic heterocycles. The molecule has 0 saturated carbocycles. The minimum absolute atomic E-state index is 0.317. The van der Waals surface area contributed by atoms with Gasteiger partial charge in [0.2, 0.25) is 0 Å². The monoisotopic (exact) mass is 438 g/mol. The van der Waals surface area contributed by atoms with E-state index < -0.39 is 0 Å². The predicted octanol–water partition coefficient (Wildman–Crippen LogP) is 6.01. The normalized spacial score (nSPS) is 12.6. The molecule has 1 aliphatic rings. The van der Waals surface area contributed by atoms with Crippen molar-refractivity contribution in [3.63, 3.8) is 0 Å². The van der Waals surface area contributed by atoms with Crippen LogP contribution in [0.2, 0.25) is 0 Å². The van der Waals surface area contributed by atoms with Crippen LogP contribution in [0.15, 0.2) is 54.6 Å². The Morgan fingerprint density at radius 1 is 0.967 bits per heavy atom. The Bertz CT molecular complexity index is 1050. The van der Waals surface area contributed by atoms with Gasteiger partial charge < -0.3 is 20.1 Å². The third-order valence-electron chi connectivity index (χ3n) is 4.88. The van der Waals surface area contributed by atoms with Crippen LogP contribution in [0.3, 0.4) is 0 Å². The van der Waals surface area contributed by atoms with Crippen LogP contribution >= 0.6 is 23.6 Å². The maximum Gasteiger partial charge on any atom is 0.341 e. The molecule has 7 heteroatoms. The number of esters is 1. The number of carbonyl (C=O) groups is 1. The highest BCUT2D eigenvalue weighted by Crippen LogP contribution is 2.38. The Balaban J connectivity index is 1.44. The van der Waals surface area contributed by atoms with Gasteiger partial charge in [0.1, 0.15) is 16.5 Å². The molecule has 0 unspecified atom stereocenters. The molecule has 0 spiro atoms. The number of hydrogen-bond donors (Lipinski definition) is 2. The second-order valence-corrected chi connectivity index (χ2v) is 8.44. The van der Waals surface area contributed by atoms with Crippen molar-refractivity contribution < 1.29 is 14.3 Å². The lowest BCUT2D eigenvalue weighted by atomic mass is 9.95. The van der Waals surface area contributed by atoms with Crippen LogP contribution in [0, 0.1) is 0 Å². The number of fused-ring (bicyclic) bond motifs is 1. The van der Waals surface area contributed by atoms with Crippen molar-refractivity contribution in [1.82, 2.24) is 0 Å². The summed E-state index contributed by atoms with van der Waals surface area (Å²) in [5.41, 5.74) is 2.55. The number of nitrogens with one attached hydrogen (secondary N) is 2. The summed E-state index contributed by atoms with van der Waals surface area (Å²) in [6.45, 7) is 0. The van der Waals surface area contributed by atoms with Crippen LogP contribution in [0.5, 0.6) is 11.5 Å². The summed E-state index contributed by atoms with van der Waals surface area (Å²) < 4.78 is 10.8. The number of carbonyl (C=O) groups excluding carboxylic acids is 1. The van der Waals surface area contributed by atoms with Gasteiger partial charge in [-0.2, -0.15) is 0 Å². The zero-order valence-corrected chi connectivity index (χ0v) is 18.2. The lowest BCUT2D eigenvalue weighted by molar-refractivity contribution is 0.0601. The number of rotatable bonds is 5. The van der Waals surface area contributed by atoms with Crippen molar-refractivity contribution in [2.45, 2.75) is 25.7 Å². The summed E-state index contributed by atoms with van der Waals surface area (Å²) >= 11 is 7.07. The third kappa shape index (κ3) is 4.63. The topological polar surface area (TPSA) is 59.6 Å². The van der Waals surface area contributed by atoms with Gasteiger partial charge in [-0.15, -0.1) is 11.3 Å². The predicted molar refractivity (Wildman–Crippen MR) is 125 cm³/mol. The molecular weight excluding hydrogens is 416 g/mol. The Morgan fingerprint density at radius 3 is 2.40 bits per heavy atom. The lowest BCUT2D eigenvalue weighted by Crippen LogP contribution is -2.20. The number of para-hydroxylation sites is 1. The molecule has 5 nitrogen and oxygen atoms in total. The van der Waals surface area contributed by atoms with E-state index in [1.807, 2.05) is 54.6 Å². The fourth-order valence-corrected chi connectivity index (χ4v) is 5.03. The van der Waals surface area contributed by atoms with Crippen LogP contribution in [0.4, 0.5) is 10.7 Å². The highest BCUT2D eigenvalue weighted by Gasteiger charge is 2.26. The number of benzene rings is 2. The number of hydrogen-bond acceptors (Lipinski definition) is 5. The lowest BCUT2D eigenvalue weighted by Gasteiger charge is -2.13. The van der Waals surface area contributed by atoms with E-state index in [1.165, 1.54) is 12.0 Å². The standard InChI is InChI=1S/C23H22N2O3S2/c1-27-22(26)20-18-9-5-6-10-19(18)30-21(20)25-23(29)24-15-11-13-17(14-12-15)28-16-7-3-2-4-8-16/h2-4,7-8,11-14H,5-6,9-10H2,1H3,(H2,24,25,29). The summed E-state index contributed by atoms with van der Waals surface area (Å²) in [5, 5.41) is 7.53. The van der Waals surface area contributed by atoms with Gasteiger partial charge in [-0.05, 0) is 79.9 Å². The smallest absolute Gasteiger partial charge is 0.341 e. The van der Waals surface area contributed by atoms with Crippen molar-refractivity contribution in [2.24, 2.45) is 0 Å². The zero-order chi connectivity index (χ0) is 20.9. The van der Waals surface area contributed by atoms with Crippen molar-refractivity contribution >= 4 is 45.3 Å². The first-order chi connectivity index (χ1) is 14.6. The quantitative estimate of drug-likeness (QED) is 0.375. The van der Waals surface area contributed by atoms with Gasteiger partial charge in [-0.3, -0.25) is 0 Å². The molecule has 154 valence electrons. The van der Waals surface area contributed by atoms with Crippen LogP contribution in [-0.4, -0.2) is 18.2 Å². The molecule has 0 bridgehead atoms. The number of thiocarbonyl (C=S) groups is 1. The minimum atomic E-state index is -0.317. The molecule has 0 fully saturated rings. The second kappa shape index (κ2) is 9.28. The molecule has 0 saturated heterocycles. The van der Waals surface area contributed by atoms with Crippen molar-refractivity contribution in [3.05, 3.63) is 70.6 Å². The molecule has 0 radical (unpaired) electrons. The first-order valence-electron chi connectivity index (χ1n) is 9.78. The molecule has 0 atom stereocenters. The van der Waals surface area contributed by atoms with Gasteiger partial charge in [0.15, 0.2) is 5.11 Å². The maximum atomic E-state index is 12.4. The molecular formula is C23H22N2O3S2. The van der Waals surface area contributed by atoms with Gasteiger partial charge >= 0.3 is 5.97 Å². The largest absolute Gasteiger partial charge is 0.465 e. The Hall–Kier alpha value is -2.90. The average Bonchev–Trinajstić information content (AvgIpc) is 3.13. The highest BCUT2D eigenvalue weighted by molar-refractivity contribution is 7.80. The van der Waals surface area contributed by atoms with Gasteiger partial charge in [0.25, 0.3) is 0 Å². The Labute approximate surface area is 185 Å². The molecule has 4 rings (SSSR count). The molecule has 2 N–H and O–H groups in total. The first-order valence-corrected chi connectivity index (χ1v) is 11.0. The van der Waals surface area contributed by atoms with Gasteiger partial charge in [0, 0.05) is 10.6 Å². The van der Waals surface area contributed by atoms with E-state index in [9.17, 15) is 4.79 Å². The van der Waals surface area contributed by atoms with Crippen LogP contribution in [-0.2, 0) is 17.6 Å². The SMILES string of the molecule is COC(=O)c1c(NC(=S)Nc2ccc(Oc3ccccc3)cc2)sc2c1CCCC2. The van der Waals surface area contributed by atoms with Crippen LogP contribution in [0.1, 0.15) is 33.6 Å². The van der Waals surface area contributed by atoms with Crippen molar-refractivity contribution in [2.75, 3.05) is 17.7 Å². The fourth-order valence-electron chi connectivity index (χ4n) is 3.47. The summed E-state index contributed by atoms with van der Waals surface area (Å²) in [4.78, 5) is 13.6. The molecule has 30 heavy (non-hydrogen) atoms. The Kier molecular flexibility index (Phi) is 6.30. The van der Waals surface area contributed by atoms with E-state index in [2.05, 4.69) is 10.6 Å². The summed E-state index contributed by atoms with van der Waals surface area (Å²) in [5.74, 6) is 1.21. The van der Waals surface area contributed by atoms with E-state index in [1.54, 1.807) is 11.3 Å². The molecule has 2 aromatic carbocycles. The van der Waals surface area contributed by atoms with E-state index >= 15 is 0 Å². The number of anilines is 2. The maximum absolute atomic E-state index is 12.4. The van der Waals surface area contributed by atoms with E-state index in [0.717, 1.165) is 53.4 Å². The fraction of sp³-hybridized carbons (Fsp3) is 0.217. The van der Waals surface area contributed by atoms with Gasteiger partial charge in [-0.25, -0.2) is 4.79 Å². The van der Waals surface area contributed by atoms with Gasteiger partial charge in [-0.1, -0.05) is 18.2 Å². The van der Waals surface area contributed by atoms with Crippen LogP contribution in [0.25, 0.3) is 0 Å². The first kappa shape index (κ1) is 20.4. The van der Waals surface area contributed by atoms with Crippen LogP contribution < -0.4 is 15.4 Å². The zero-order valence-electron chi connectivity index (χ0n) is 16.6. The van der Waals surface area contributed by atoms with Gasteiger partial charge in [0.05, 0.1) is 12.7 Å². The minimum Gasteiger partial charge on any atom is -0.465 e. The Morgan fingerprint density at radius 2 is 1.67 bits per heavy atom. The summed E-state index contributed by atoms with van der Waals surface area (Å²) in [7, 11) is 1.41. The molecule has 1 heterocycles. The second-order valence-electron chi connectivity index (χ2n) is 6.93. The molecule has 0 amide bonds. The van der Waals surface area contributed by atoms with E-state index in [4.69, 9.17) is 21.7 Å². The van der Waals surface area contributed by atoms with E-state index in [-0.39, 0.29) is 5.97 Å². The van der Waals surface area contributed by atoms with Crippen molar-refractivity contribution in [3.8, 4) is 11.5 Å². The molecule has 1 aliphatic carbocycles. The number of ether oxygens (including phenoxy) is 2. The number of methoxy groups -OCH3 is 1. The number of aryl methyl sites for hydroxylation is 1. The average molecular weight is 439 g/mol. The van der Waals surface area contributed by atoms with Crippen molar-refractivity contribution in [1.29, 1.82) is 0 Å². The summed E-state index contributed by atoms with van der Waals surface area (Å²) in [6.07, 6.45) is 4.14. The number of thiophene rings is 1. The summed E-state index contributed by atoms with van der Waals surface area (Å²) in [6, 6.07) is 17.2. The molecule has 3 aromatic rings. The third-order valence-corrected chi connectivity index (χ3v) is 6.29.